The molecule has 2 aromatic rings. The number of aryl methyl sites for hydroxylation is 3. The predicted molar refractivity (Wildman–Crippen MR) is 97.0 cm³/mol. The normalized spacial score (nSPS) is 10.3. The third-order valence-electron chi connectivity index (χ3n) is 3.14. The van der Waals surface area contributed by atoms with Crippen molar-refractivity contribution in [2.24, 2.45) is 0 Å². The number of nitrogens with zero attached hydrogens (tertiary/aromatic N) is 2. The van der Waals surface area contributed by atoms with E-state index in [0.29, 0.717) is 0 Å². The fraction of sp³-hybridized carbons (Fsp3) is 0.412. The first-order valence-electron chi connectivity index (χ1n) is 7.35. The Bertz CT molecular complexity index is 552. The van der Waals surface area contributed by atoms with Crippen molar-refractivity contribution in [1.29, 1.82) is 0 Å². The zero-order chi connectivity index (χ0) is 15.1. The van der Waals surface area contributed by atoms with Gasteiger partial charge in [-0.2, -0.15) is 0 Å². The standard InChI is InChI=1S/C17H23N3S.ClH/c1-13-5-7-16(8-6-13)12-18-9-4-10-21-17-19-14(2)11-15(3)20-17;/h5-8,11,18H,4,9-10,12H2,1-3H3;1H. The number of benzene rings is 1. The molecule has 0 spiro atoms. The van der Waals surface area contributed by atoms with Crippen LogP contribution in [0.25, 0.3) is 0 Å². The Morgan fingerprint density at radius 2 is 1.64 bits per heavy atom. The van der Waals surface area contributed by atoms with Gasteiger partial charge in [0.15, 0.2) is 5.16 Å². The second-order valence-corrected chi connectivity index (χ2v) is 6.36. The number of hydrogen-bond donors (Lipinski definition) is 1. The van der Waals surface area contributed by atoms with E-state index in [1.165, 1.54) is 11.1 Å². The summed E-state index contributed by atoms with van der Waals surface area (Å²) in [7, 11) is 0. The van der Waals surface area contributed by atoms with Crippen molar-refractivity contribution in [3.8, 4) is 0 Å². The Hall–Kier alpha value is -1.10. The molecular formula is C17H24ClN3S. The monoisotopic (exact) mass is 337 g/mol. The first-order valence-corrected chi connectivity index (χ1v) is 8.33. The van der Waals surface area contributed by atoms with Crippen molar-refractivity contribution in [2.45, 2.75) is 38.9 Å². The van der Waals surface area contributed by atoms with Crippen molar-refractivity contribution in [3.05, 3.63) is 52.8 Å². The fourth-order valence-electron chi connectivity index (χ4n) is 2.06. The summed E-state index contributed by atoms with van der Waals surface area (Å²) in [6, 6.07) is 10.7. The topological polar surface area (TPSA) is 37.8 Å². The minimum Gasteiger partial charge on any atom is -0.313 e. The van der Waals surface area contributed by atoms with E-state index in [1.807, 2.05) is 19.9 Å². The maximum Gasteiger partial charge on any atom is 0.187 e. The highest BCUT2D eigenvalue weighted by Crippen LogP contribution is 2.14. The van der Waals surface area contributed by atoms with E-state index in [0.717, 1.165) is 41.8 Å². The highest BCUT2D eigenvalue weighted by atomic mass is 35.5. The SMILES string of the molecule is Cc1ccc(CNCCCSc2nc(C)cc(C)n2)cc1.Cl. The van der Waals surface area contributed by atoms with Gasteiger partial charge in [-0.3, -0.25) is 0 Å². The molecule has 3 nitrogen and oxygen atoms in total. The lowest BCUT2D eigenvalue weighted by molar-refractivity contribution is 0.678. The summed E-state index contributed by atoms with van der Waals surface area (Å²) in [5, 5.41) is 4.37. The zero-order valence-corrected chi connectivity index (χ0v) is 15.1. The van der Waals surface area contributed by atoms with Crippen molar-refractivity contribution in [3.63, 3.8) is 0 Å². The molecule has 2 rings (SSSR count). The van der Waals surface area contributed by atoms with E-state index in [-0.39, 0.29) is 12.4 Å². The second-order valence-electron chi connectivity index (χ2n) is 5.30. The van der Waals surface area contributed by atoms with E-state index < -0.39 is 0 Å². The van der Waals surface area contributed by atoms with E-state index in [4.69, 9.17) is 0 Å². The Morgan fingerprint density at radius 3 is 2.27 bits per heavy atom. The Labute approximate surface area is 143 Å². The van der Waals surface area contributed by atoms with Crippen LogP contribution in [0.1, 0.15) is 28.9 Å². The number of nitrogens with one attached hydrogen (secondary N) is 1. The first-order chi connectivity index (χ1) is 10.1. The van der Waals surface area contributed by atoms with Crippen LogP contribution in [0.3, 0.4) is 0 Å². The molecule has 1 heterocycles. The Morgan fingerprint density at radius 1 is 1.00 bits per heavy atom. The second kappa shape index (κ2) is 9.82. The van der Waals surface area contributed by atoms with Gasteiger partial charge in [-0.1, -0.05) is 41.6 Å². The van der Waals surface area contributed by atoms with Gasteiger partial charge in [0.2, 0.25) is 0 Å². The van der Waals surface area contributed by atoms with Crippen LogP contribution in [-0.2, 0) is 6.54 Å². The van der Waals surface area contributed by atoms with Crippen LogP contribution in [-0.4, -0.2) is 22.3 Å². The lowest BCUT2D eigenvalue weighted by atomic mass is 10.1. The smallest absolute Gasteiger partial charge is 0.187 e. The summed E-state index contributed by atoms with van der Waals surface area (Å²) in [4.78, 5) is 8.88. The van der Waals surface area contributed by atoms with Crippen LogP contribution in [0, 0.1) is 20.8 Å². The predicted octanol–water partition coefficient (Wildman–Crippen LogP) is 4.10. The van der Waals surface area contributed by atoms with Gasteiger partial charge < -0.3 is 5.32 Å². The largest absolute Gasteiger partial charge is 0.313 e. The molecule has 0 aliphatic rings. The molecule has 22 heavy (non-hydrogen) atoms. The summed E-state index contributed by atoms with van der Waals surface area (Å²) in [5.41, 5.74) is 4.74. The highest BCUT2D eigenvalue weighted by Gasteiger charge is 2.00. The third kappa shape index (κ3) is 6.77. The molecule has 0 bridgehead atoms. The molecule has 0 radical (unpaired) electrons. The molecular weight excluding hydrogens is 314 g/mol. The van der Waals surface area contributed by atoms with Gasteiger partial charge in [0.05, 0.1) is 0 Å². The van der Waals surface area contributed by atoms with Gasteiger partial charge in [-0.15, -0.1) is 12.4 Å². The van der Waals surface area contributed by atoms with Gasteiger partial charge in [-0.25, -0.2) is 9.97 Å². The highest BCUT2D eigenvalue weighted by molar-refractivity contribution is 7.99. The summed E-state index contributed by atoms with van der Waals surface area (Å²) in [5.74, 6) is 1.05. The molecule has 0 amide bonds. The average molecular weight is 338 g/mol. The third-order valence-corrected chi connectivity index (χ3v) is 4.07. The quantitative estimate of drug-likeness (QED) is 0.469. The average Bonchev–Trinajstić information content (AvgIpc) is 2.43. The molecule has 0 atom stereocenters. The Balaban J connectivity index is 0.00000242. The number of aromatic nitrogens is 2. The molecule has 1 aromatic heterocycles. The van der Waals surface area contributed by atoms with Crippen molar-refractivity contribution >= 4 is 24.2 Å². The lowest BCUT2D eigenvalue weighted by Crippen LogP contribution is -2.15. The van der Waals surface area contributed by atoms with E-state index in [1.54, 1.807) is 11.8 Å². The minimum atomic E-state index is 0. The summed E-state index contributed by atoms with van der Waals surface area (Å²) in [6.45, 7) is 8.10. The molecule has 120 valence electrons. The maximum atomic E-state index is 4.44. The number of thioether (sulfide) groups is 1. The van der Waals surface area contributed by atoms with Crippen molar-refractivity contribution in [1.82, 2.24) is 15.3 Å². The van der Waals surface area contributed by atoms with E-state index in [9.17, 15) is 0 Å². The summed E-state index contributed by atoms with van der Waals surface area (Å²) >= 11 is 1.73. The number of halogens is 1. The molecule has 1 N–H and O–H groups in total. The molecule has 0 aliphatic heterocycles. The van der Waals surface area contributed by atoms with Crippen LogP contribution < -0.4 is 5.32 Å². The molecule has 0 unspecified atom stereocenters. The van der Waals surface area contributed by atoms with Crippen LogP contribution in [0.5, 0.6) is 0 Å². The van der Waals surface area contributed by atoms with Crippen LogP contribution >= 0.6 is 24.2 Å². The molecule has 0 saturated heterocycles. The van der Waals surface area contributed by atoms with Gasteiger partial charge in [0, 0.05) is 23.7 Å². The summed E-state index contributed by atoms with van der Waals surface area (Å²) < 4.78 is 0. The van der Waals surface area contributed by atoms with Gasteiger partial charge >= 0.3 is 0 Å². The number of rotatable bonds is 7. The zero-order valence-electron chi connectivity index (χ0n) is 13.4. The Kier molecular flexibility index (Phi) is 8.46. The van der Waals surface area contributed by atoms with Crippen molar-refractivity contribution in [2.75, 3.05) is 12.3 Å². The molecule has 5 heteroatoms. The van der Waals surface area contributed by atoms with Gasteiger partial charge in [0.1, 0.15) is 0 Å². The van der Waals surface area contributed by atoms with Crippen LogP contribution in [0.4, 0.5) is 0 Å². The molecule has 1 aromatic carbocycles. The van der Waals surface area contributed by atoms with Gasteiger partial charge in [-0.05, 0) is 45.4 Å². The van der Waals surface area contributed by atoms with E-state index in [2.05, 4.69) is 46.5 Å². The van der Waals surface area contributed by atoms with Gasteiger partial charge in [0.25, 0.3) is 0 Å². The fourth-order valence-corrected chi connectivity index (χ4v) is 2.95. The van der Waals surface area contributed by atoms with Crippen LogP contribution in [0.15, 0.2) is 35.5 Å². The number of hydrogen-bond acceptors (Lipinski definition) is 4. The summed E-state index contributed by atoms with van der Waals surface area (Å²) in [6.07, 6.45) is 1.12. The minimum absolute atomic E-state index is 0. The van der Waals surface area contributed by atoms with E-state index >= 15 is 0 Å². The molecule has 0 saturated carbocycles. The molecule has 0 fully saturated rings. The molecule has 0 aliphatic carbocycles. The van der Waals surface area contributed by atoms with Crippen LogP contribution in [0.2, 0.25) is 0 Å². The lowest BCUT2D eigenvalue weighted by Gasteiger charge is -2.06. The maximum absolute atomic E-state index is 4.44. The van der Waals surface area contributed by atoms with Crippen molar-refractivity contribution < 1.29 is 0 Å². The first kappa shape index (κ1) is 18.9.